The third-order valence-electron chi connectivity index (χ3n) is 3.27. The highest BCUT2D eigenvalue weighted by atomic mass is 16.5. The number of nitrogens with zero attached hydrogens (tertiary/aromatic N) is 1. The van der Waals surface area contributed by atoms with Crippen molar-refractivity contribution in [1.82, 2.24) is 10.3 Å². The predicted octanol–water partition coefficient (Wildman–Crippen LogP) is 3.70. The largest absolute Gasteiger partial charge is 0.497 e. The van der Waals surface area contributed by atoms with Gasteiger partial charge in [0.15, 0.2) is 0 Å². The molecule has 0 aliphatic carbocycles. The average Bonchev–Trinajstić information content (AvgIpc) is 2.35. The van der Waals surface area contributed by atoms with E-state index in [1.54, 1.807) is 7.11 Å². The Balaban J connectivity index is 2.37. The van der Waals surface area contributed by atoms with E-state index in [9.17, 15) is 0 Å². The van der Waals surface area contributed by atoms with Gasteiger partial charge in [0.1, 0.15) is 5.75 Å². The maximum atomic E-state index is 5.27. The highest BCUT2D eigenvalue weighted by molar-refractivity contribution is 5.26. The first-order valence-electron chi connectivity index (χ1n) is 7.26. The van der Waals surface area contributed by atoms with E-state index in [0.29, 0.717) is 6.04 Å². The molecule has 3 heteroatoms. The lowest BCUT2D eigenvalue weighted by atomic mass is 10.0. The summed E-state index contributed by atoms with van der Waals surface area (Å²) in [5, 5.41) is 3.53. The van der Waals surface area contributed by atoms with Crippen LogP contribution >= 0.6 is 0 Å². The van der Waals surface area contributed by atoms with E-state index in [4.69, 9.17) is 4.74 Å². The molecule has 3 nitrogen and oxygen atoms in total. The molecule has 0 aliphatic heterocycles. The summed E-state index contributed by atoms with van der Waals surface area (Å²) in [6.07, 6.45) is 3.82. The van der Waals surface area contributed by atoms with Crippen LogP contribution in [0.1, 0.15) is 51.4 Å². The van der Waals surface area contributed by atoms with Crippen LogP contribution in [0.4, 0.5) is 0 Å². The van der Waals surface area contributed by atoms with Crippen molar-refractivity contribution < 1.29 is 4.74 Å². The van der Waals surface area contributed by atoms with Crippen LogP contribution in [0.5, 0.6) is 5.75 Å². The number of pyridine rings is 1. The smallest absolute Gasteiger partial charge is 0.122 e. The maximum Gasteiger partial charge on any atom is 0.122 e. The lowest BCUT2D eigenvalue weighted by Gasteiger charge is -2.14. The van der Waals surface area contributed by atoms with E-state index in [1.165, 1.54) is 19.3 Å². The van der Waals surface area contributed by atoms with Crippen LogP contribution in [0.2, 0.25) is 0 Å². The van der Waals surface area contributed by atoms with Gasteiger partial charge in [0.25, 0.3) is 0 Å². The van der Waals surface area contributed by atoms with Gasteiger partial charge in [0, 0.05) is 30.4 Å². The molecule has 1 unspecified atom stereocenters. The van der Waals surface area contributed by atoms with Crippen LogP contribution in [0.15, 0.2) is 12.1 Å². The second-order valence-electron chi connectivity index (χ2n) is 5.75. The van der Waals surface area contributed by atoms with E-state index in [0.717, 1.165) is 29.6 Å². The molecule has 1 rings (SSSR count). The van der Waals surface area contributed by atoms with Crippen LogP contribution in [0.3, 0.4) is 0 Å². The Morgan fingerprint density at radius 3 is 2.58 bits per heavy atom. The van der Waals surface area contributed by atoms with Crippen molar-refractivity contribution in [3.8, 4) is 5.75 Å². The normalized spacial score (nSPS) is 12.7. The minimum Gasteiger partial charge on any atom is -0.497 e. The third-order valence-corrected chi connectivity index (χ3v) is 3.27. The fourth-order valence-corrected chi connectivity index (χ4v) is 2.12. The van der Waals surface area contributed by atoms with Crippen molar-refractivity contribution in [2.24, 2.45) is 5.92 Å². The SMILES string of the molecule is COc1cc(C)nc(CNC(C)CCCC(C)C)c1. The maximum absolute atomic E-state index is 5.27. The molecule has 0 saturated heterocycles. The van der Waals surface area contributed by atoms with E-state index >= 15 is 0 Å². The molecule has 0 bridgehead atoms. The molecule has 0 fully saturated rings. The van der Waals surface area contributed by atoms with Gasteiger partial charge in [0.05, 0.1) is 12.8 Å². The van der Waals surface area contributed by atoms with Crippen molar-refractivity contribution >= 4 is 0 Å². The van der Waals surface area contributed by atoms with Gasteiger partial charge >= 0.3 is 0 Å². The lowest BCUT2D eigenvalue weighted by molar-refractivity contribution is 0.411. The predicted molar refractivity (Wildman–Crippen MR) is 80.5 cm³/mol. The van der Waals surface area contributed by atoms with Gasteiger partial charge in [-0.2, -0.15) is 0 Å². The second-order valence-corrected chi connectivity index (χ2v) is 5.75. The molecule has 0 radical (unpaired) electrons. The number of aryl methyl sites for hydroxylation is 1. The zero-order valence-electron chi connectivity index (χ0n) is 13.0. The van der Waals surface area contributed by atoms with E-state index in [1.807, 2.05) is 19.1 Å². The Labute approximate surface area is 117 Å². The number of methoxy groups -OCH3 is 1. The van der Waals surface area contributed by atoms with Gasteiger partial charge in [-0.1, -0.05) is 26.7 Å². The summed E-state index contributed by atoms with van der Waals surface area (Å²) in [5.74, 6) is 1.69. The summed E-state index contributed by atoms with van der Waals surface area (Å²) >= 11 is 0. The molecule has 0 saturated carbocycles. The molecule has 0 aromatic carbocycles. The molecule has 1 aromatic heterocycles. The molecule has 1 heterocycles. The molecule has 0 amide bonds. The van der Waals surface area contributed by atoms with Crippen LogP contribution in [-0.2, 0) is 6.54 Å². The van der Waals surface area contributed by atoms with Gasteiger partial charge in [0.2, 0.25) is 0 Å². The number of ether oxygens (including phenoxy) is 1. The Bertz CT molecular complexity index is 377. The molecule has 19 heavy (non-hydrogen) atoms. The standard InChI is InChI=1S/C16H28N2O/c1-12(2)7-6-8-13(3)17-11-15-10-16(19-5)9-14(4)18-15/h9-10,12-13,17H,6-8,11H2,1-5H3. The van der Waals surface area contributed by atoms with E-state index in [-0.39, 0.29) is 0 Å². The Morgan fingerprint density at radius 2 is 1.95 bits per heavy atom. The zero-order chi connectivity index (χ0) is 14.3. The summed E-state index contributed by atoms with van der Waals surface area (Å²) < 4.78 is 5.27. The van der Waals surface area contributed by atoms with Crippen LogP contribution in [-0.4, -0.2) is 18.1 Å². The Morgan fingerprint density at radius 1 is 1.21 bits per heavy atom. The van der Waals surface area contributed by atoms with Gasteiger partial charge in [-0.3, -0.25) is 4.98 Å². The highest BCUT2D eigenvalue weighted by Crippen LogP contribution is 2.14. The Hall–Kier alpha value is -1.09. The fourth-order valence-electron chi connectivity index (χ4n) is 2.12. The van der Waals surface area contributed by atoms with Crippen molar-refractivity contribution in [3.63, 3.8) is 0 Å². The summed E-state index contributed by atoms with van der Waals surface area (Å²) in [6, 6.07) is 4.49. The number of nitrogens with one attached hydrogen (secondary N) is 1. The molecule has 108 valence electrons. The molecule has 1 N–H and O–H groups in total. The monoisotopic (exact) mass is 264 g/mol. The van der Waals surface area contributed by atoms with Crippen LogP contribution in [0, 0.1) is 12.8 Å². The number of aromatic nitrogens is 1. The molecular formula is C16H28N2O. The molecular weight excluding hydrogens is 236 g/mol. The highest BCUT2D eigenvalue weighted by Gasteiger charge is 2.05. The molecule has 0 spiro atoms. The first-order chi connectivity index (χ1) is 9.01. The summed E-state index contributed by atoms with van der Waals surface area (Å²) in [5.41, 5.74) is 2.05. The van der Waals surface area contributed by atoms with Crippen molar-refractivity contribution in [1.29, 1.82) is 0 Å². The minimum atomic E-state index is 0.534. The van der Waals surface area contributed by atoms with Gasteiger partial charge in [-0.15, -0.1) is 0 Å². The number of rotatable bonds is 8. The fraction of sp³-hybridized carbons (Fsp3) is 0.688. The second kappa shape index (κ2) is 8.16. The summed E-state index contributed by atoms with van der Waals surface area (Å²) in [7, 11) is 1.69. The quantitative estimate of drug-likeness (QED) is 0.777. The van der Waals surface area contributed by atoms with E-state index in [2.05, 4.69) is 31.1 Å². The van der Waals surface area contributed by atoms with E-state index < -0.39 is 0 Å². The minimum absolute atomic E-state index is 0.534. The number of hydrogen-bond acceptors (Lipinski definition) is 3. The topological polar surface area (TPSA) is 34.1 Å². The first-order valence-corrected chi connectivity index (χ1v) is 7.26. The summed E-state index contributed by atoms with van der Waals surface area (Å²) in [6.45, 7) is 9.61. The third kappa shape index (κ3) is 6.58. The van der Waals surface area contributed by atoms with Gasteiger partial charge < -0.3 is 10.1 Å². The van der Waals surface area contributed by atoms with Gasteiger partial charge in [-0.05, 0) is 26.2 Å². The average molecular weight is 264 g/mol. The van der Waals surface area contributed by atoms with Crippen molar-refractivity contribution in [3.05, 3.63) is 23.5 Å². The Kier molecular flexibility index (Phi) is 6.85. The first kappa shape index (κ1) is 16.0. The number of hydrogen-bond donors (Lipinski definition) is 1. The van der Waals surface area contributed by atoms with Crippen molar-refractivity contribution in [2.75, 3.05) is 7.11 Å². The van der Waals surface area contributed by atoms with Crippen LogP contribution in [0.25, 0.3) is 0 Å². The zero-order valence-corrected chi connectivity index (χ0v) is 13.0. The van der Waals surface area contributed by atoms with Crippen molar-refractivity contribution in [2.45, 2.75) is 59.5 Å². The summed E-state index contributed by atoms with van der Waals surface area (Å²) in [4.78, 5) is 4.52. The lowest BCUT2D eigenvalue weighted by Crippen LogP contribution is -2.26. The molecule has 1 aromatic rings. The van der Waals surface area contributed by atoms with Gasteiger partial charge in [-0.25, -0.2) is 0 Å². The molecule has 1 atom stereocenters. The molecule has 0 aliphatic rings. The van der Waals surface area contributed by atoms with Crippen LogP contribution < -0.4 is 10.1 Å².